The smallest absolute Gasteiger partial charge is 0.248 e. The summed E-state index contributed by atoms with van der Waals surface area (Å²) in [6, 6.07) is 5.47. The molecule has 0 bridgehead atoms. The molecule has 6 atom stereocenters. The molecule has 0 amide bonds. The van der Waals surface area contributed by atoms with Gasteiger partial charge in [0.05, 0.1) is 6.61 Å². The molecule has 2 aromatic rings. The summed E-state index contributed by atoms with van der Waals surface area (Å²) in [6.07, 6.45) is -9.24. The maximum absolute atomic E-state index is 12.5. The Bertz CT molecular complexity index is 1100. The van der Waals surface area contributed by atoms with Crippen molar-refractivity contribution in [3.05, 3.63) is 41.5 Å². The van der Waals surface area contributed by atoms with Gasteiger partial charge in [0.25, 0.3) is 0 Å². The van der Waals surface area contributed by atoms with E-state index in [1.807, 2.05) is 0 Å². The van der Waals surface area contributed by atoms with E-state index in [9.17, 15) is 45.3 Å². The second kappa shape index (κ2) is 8.50. The fraction of sp³-hybridized carbons (Fsp3) is 0.333. The van der Waals surface area contributed by atoms with E-state index in [2.05, 4.69) is 0 Å². The monoisotopic (exact) mass is 464 g/mol. The van der Waals surface area contributed by atoms with E-state index in [1.54, 1.807) is 0 Å². The molecule has 12 heteroatoms. The highest BCUT2D eigenvalue weighted by atomic mass is 16.7. The van der Waals surface area contributed by atoms with Crippen LogP contribution >= 0.6 is 0 Å². The van der Waals surface area contributed by atoms with Crippen LogP contribution in [0, 0.1) is 0 Å². The topological polar surface area (TPSA) is 203 Å². The predicted octanol–water partition coefficient (Wildman–Crippen LogP) is -1.13. The molecule has 1 fully saturated rings. The summed E-state index contributed by atoms with van der Waals surface area (Å²) in [4.78, 5) is 25.0. The second-order valence-corrected chi connectivity index (χ2v) is 7.57. The molecule has 0 radical (unpaired) electrons. The van der Waals surface area contributed by atoms with Gasteiger partial charge in [-0.05, 0) is 12.1 Å². The van der Waals surface area contributed by atoms with Gasteiger partial charge in [0, 0.05) is 17.7 Å². The van der Waals surface area contributed by atoms with Crippen LogP contribution in [-0.4, -0.2) is 84.6 Å². The number of phenols is 3. The number of hydrogen-bond donors (Lipinski definition) is 7. The average molecular weight is 464 g/mol. The van der Waals surface area contributed by atoms with Crippen molar-refractivity contribution >= 4 is 11.6 Å². The second-order valence-electron chi connectivity index (χ2n) is 7.57. The third-order valence-electron chi connectivity index (χ3n) is 5.38. The standard InChI is InChI=1S/C21H20O12/c22-6-13-15(26)17(28)19(30)21(33-13)32-11-2-1-7(3-9(11)24)20-18(29)16(27)14-10(25)4-8(23)5-12(14)31-20/h1-5,13,15,17,19-26,28,30H,6H2/t13-,15-,17+,19-,20?,21-/m1/s1. The van der Waals surface area contributed by atoms with Crippen LogP contribution in [0.25, 0.3) is 0 Å². The Balaban J connectivity index is 1.58. The molecule has 33 heavy (non-hydrogen) atoms. The van der Waals surface area contributed by atoms with E-state index >= 15 is 0 Å². The van der Waals surface area contributed by atoms with Gasteiger partial charge in [0.2, 0.25) is 17.9 Å². The maximum atomic E-state index is 12.5. The van der Waals surface area contributed by atoms with E-state index in [-0.39, 0.29) is 22.6 Å². The Morgan fingerprint density at radius 2 is 1.64 bits per heavy atom. The van der Waals surface area contributed by atoms with Crippen LogP contribution < -0.4 is 9.47 Å². The maximum Gasteiger partial charge on any atom is 0.248 e. The van der Waals surface area contributed by atoms with Gasteiger partial charge >= 0.3 is 0 Å². The number of Topliss-reactive ketones (excluding diaryl/α,β-unsaturated/α-hetero) is 2. The van der Waals surface area contributed by atoms with Gasteiger partial charge in [0.1, 0.15) is 47.2 Å². The first-order valence-corrected chi connectivity index (χ1v) is 9.73. The summed E-state index contributed by atoms with van der Waals surface area (Å²) < 4.78 is 16.1. The highest BCUT2D eigenvalue weighted by Gasteiger charge is 2.45. The van der Waals surface area contributed by atoms with Crippen molar-refractivity contribution in [3.8, 4) is 28.7 Å². The first-order valence-electron chi connectivity index (χ1n) is 9.73. The lowest BCUT2D eigenvalue weighted by atomic mass is 9.94. The van der Waals surface area contributed by atoms with Crippen molar-refractivity contribution in [1.29, 1.82) is 0 Å². The van der Waals surface area contributed by atoms with Crippen LogP contribution in [0.1, 0.15) is 22.0 Å². The van der Waals surface area contributed by atoms with Crippen LogP contribution in [0.5, 0.6) is 28.7 Å². The van der Waals surface area contributed by atoms with E-state index in [4.69, 9.17) is 14.2 Å². The molecular weight excluding hydrogens is 444 g/mol. The Labute approximate surface area is 185 Å². The number of carbonyl (C=O) groups excluding carboxylic acids is 2. The van der Waals surface area contributed by atoms with Gasteiger partial charge in [-0.1, -0.05) is 6.07 Å². The van der Waals surface area contributed by atoms with Crippen molar-refractivity contribution in [1.82, 2.24) is 0 Å². The number of phenolic OH excluding ortho intramolecular Hbond substituents is 3. The quantitative estimate of drug-likeness (QED) is 0.269. The zero-order chi connectivity index (χ0) is 24.0. The van der Waals surface area contributed by atoms with Crippen LogP contribution in [0.3, 0.4) is 0 Å². The Kier molecular flexibility index (Phi) is 5.86. The zero-order valence-electron chi connectivity index (χ0n) is 16.7. The van der Waals surface area contributed by atoms with Gasteiger partial charge in [-0.25, -0.2) is 0 Å². The van der Waals surface area contributed by atoms with Crippen molar-refractivity contribution < 1.29 is 59.5 Å². The number of aliphatic hydroxyl groups excluding tert-OH is 4. The number of benzene rings is 2. The Morgan fingerprint density at radius 3 is 2.30 bits per heavy atom. The number of aliphatic hydroxyl groups is 4. The summed E-state index contributed by atoms with van der Waals surface area (Å²) in [5.41, 5.74) is -0.346. The number of fused-ring (bicyclic) bond motifs is 1. The van der Waals surface area contributed by atoms with Gasteiger partial charge in [-0.2, -0.15) is 0 Å². The summed E-state index contributed by atoms with van der Waals surface area (Å²) >= 11 is 0. The predicted molar refractivity (Wildman–Crippen MR) is 105 cm³/mol. The zero-order valence-corrected chi connectivity index (χ0v) is 16.7. The molecular formula is C21H20O12. The summed E-state index contributed by atoms with van der Waals surface area (Å²) in [6.45, 7) is -0.669. The normalized spacial score (nSPS) is 29.3. The largest absolute Gasteiger partial charge is 0.508 e. The van der Waals surface area contributed by atoms with E-state index < -0.39 is 72.2 Å². The van der Waals surface area contributed by atoms with Crippen LogP contribution in [0.2, 0.25) is 0 Å². The number of carbonyl (C=O) groups is 2. The molecule has 2 heterocycles. The highest BCUT2D eigenvalue weighted by Crippen LogP contribution is 2.41. The van der Waals surface area contributed by atoms with Crippen molar-refractivity contribution in [2.45, 2.75) is 36.8 Å². The number of hydrogen-bond acceptors (Lipinski definition) is 12. The highest BCUT2D eigenvalue weighted by molar-refractivity contribution is 6.47. The van der Waals surface area contributed by atoms with E-state index in [0.717, 1.165) is 18.2 Å². The minimum atomic E-state index is -1.71. The molecule has 1 saturated heterocycles. The summed E-state index contributed by atoms with van der Waals surface area (Å²) in [5, 5.41) is 68.8. The lowest BCUT2D eigenvalue weighted by Gasteiger charge is -2.39. The number of ether oxygens (including phenoxy) is 3. The molecule has 2 aliphatic heterocycles. The average Bonchev–Trinajstić information content (AvgIpc) is 2.77. The SMILES string of the molecule is O=C1C(=O)C(c2ccc(O[C@@H]3O[C@H](CO)[C@@H](O)[C@H](O)[C@H]3O)c(O)c2)Oc2cc(O)cc(O)c21. The van der Waals surface area contributed by atoms with Crippen LogP contribution in [0.15, 0.2) is 30.3 Å². The minimum absolute atomic E-state index is 0.0421. The summed E-state index contributed by atoms with van der Waals surface area (Å²) in [7, 11) is 0. The lowest BCUT2D eigenvalue weighted by molar-refractivity contribution is -0.277. The number of aromatic hydroxyl groups is 3. The first kappa shape index (κ1) is 22.8. The van der Waals surface area contributed by atoms with Crippen LogP contribution in [-0.2, 0) is 9.53 Å². The van der Waals surface area contributed by atoms with Gasteiger partial charge in [0.15, 0.2) is 17.6 Å². The Hall–Kier alpha value is -3.42. The van der Waals surface area contributed by atoms with Crippen molar-refractivity contribution in [2.75, 3.05) is 6.61 Å². The lowest BCUT2D eigenvalue weighted by Crippen LogP contribution is -2.60. The fourth-order valence-corrected chi connectivity index (χ4v) is 3.64. The van der Waals surface area contributed by atoms with E-state index in [1.165, 1.54) is 12.1 Å². The third kappa shape index (κ3) is 3.94. The molecule has 2 aliphatic rings. The van der Waals surface area contributed by atoms with Gasteiger partial charge < -0.3 is 50.0 Å². The number of ketones is 2. The van der Waals surface area contributed by atoms with Crippen LogP contribution in [0.4, 0.5) is 0 Å². The number of rotatable bonds is 4. The molecule has 7 N–H and O–H groups in total. The van der Waals surface area contributed by atoms with Crippen molar-refractivity contribution in [3.63, 3.8) is 0 Å². The fourth-order valence-electron chi connectivity index (χ4n) is 3.64. The molecule has 4 rings (SSSR count). The molecule has 0 aliphatic carbocycles. The molecule has 12 nitrogen and oxygen atoms in total. The molecule has 0 aromatic heterocycles. The van der Waals surface area contributed by atoms with Gasteiger partial charge in [-0.3, -0.25) is 9.59 Å². The molecule has 0 spiro atoms. The first-order chi connectivity index (χ1) is 15.6. The van der Waals surface area contributed by atoms with Gasteiger partial charge in [-0.15, -0.1) is 0 Å². The Morgan fingerprint density at radius 1 is 0.909 bits per heavy atom. The third-order valence-corrected chi connectivity index (χ3v) is 5.38. The summed E-state index contributed by atoms with van der Waals surface area (Å²) in [5.74, 6) is -4.08. The molecule has 0 saturated carbocycles. The molecule has 176 valence electrons. The van der Waals surface area contributed by atoms with E-state index in [0.29, 0.717) is 0 Å². The minimum Gasteiger partial charge on any atom is -0.508 e. The van der Waals surface area contributed by atoms with Crippen molar-refractivity contribution in [2.24, 2.45) is 0 Å². The molecule has 2 aromatic carbocycles. The molecule has 1 unspecified atom stereocenters.